The molecular weight excluding hydrogens is 373 g/mol. The highest BCUT2D eigenvalue weighted by Gasteiger charge is 2.33. The Morgan fingerprint density at radius 1 is 1.24 bits per heavy atom. The highest BCUT2D eigenvalue weighted by atomic mass is 19.1. The van der Waals surface area contributed by atoms with Crippen molar-refractivity contribution in [1.29, 1.82) is 0 Å². The fraction of sp³-hybridized carbons (Fsp3) is 0.227. The molecule has 2 heterocycles. The summed E-state index contributed by atoms with van der Waals surface area (Å²) in [5.74, 6) is 0.0954. The van der Waals surface area contributed by atoms with E-state index >= 15 is 0 Å². The van der Waals surface area contributed by atoms with Crippen LogP contribution in [-0.2, 0) is 16.7 Å². The Labute approximate surface area is 167 Å². The van der Waals surface area contributed by atoms with Crippen molar-refractivity contribution >= 4 is 11.6 Å². The van der Waals surface area contributed by atoms with Crippen LogP contribution in [0.25, 0.3) is 11.3 Å². The molecule has 1 atom stereocenters. The van der Waals surface area contributed by atoms with Gasteiger partial charge in [-0.3, -0.25) is 9.79 Å². The number of oxazole rings is 1. The van der Waals surface area contributed by atoms with Crippen LogP contribution in [0.1, 0.15) is 28.5 Å². The lowest BCUT2D eigenvalue weighted by Crippen LogP contribution is -2.38. The second-order valence-corrected chi connectivity index (χ2v) is 7.18. The van der Waals surface area contributed by atoms with Gasteiger partial charge in [-0.1, -0.05) is 36.4 Å². The van der Waals surface area contributed by atoms with Gasteiger partial charge in [0, 0.05) is 17.5 Å². The van der Waals surface area contributed by atoms with Crippen LogP contribution in [-0.4, -0.2) is 29.8 Å². The van der Waals surface area contributed by atoms with Crippen LogP contribution in [0.4, 0.5) is 4.39 Å². The van der Waals surface area contributed by atoms with E-state index in [0.29, 0.717) is 22.7 Å². The number of carbonyl (C=O) groups excluding carboxylic acids is 1. The maximum atomic E-state index is 14.5. The van der Waals surface area contributed by atoms with Crippen LogP contribution >= 0.6 is 0 Å². The number of Topliss-reactive ketones (excluding diaryl/α,β-unsaturated/α-hetero) is 1. The predicted octanol–water partition coefficient (Wildman–Crippen LogP) is 3.51. The number of benzene rings is 2. The molecule has 4 rings (SSSR count). The first-order chi connectivity index (χ1) is 14.0. The third kappa shape index (κ3) is 3.82. The first-order valence-corrected chi connectivity index (χ1v) is 9.19. The molecular formula is C22H20FN3O3. The Morgan fingerprint density at radius 2 is 2.03 bits per heavy atom. The molecule has 0 saturated heterocycles. The highest BCUT2D eigenvalue weighted by molar-refractivity contribution is 6.00. The summed E-state index contributed by atoms with van der Waals surface area (Å²) < 4.78 is 25.4. The van der Waals surface area contributed by atoms with E-state index in [4.69, 9.17) is 14.9 Å². The van der Waals surface area contributed by atoms with Crippen molar-refractivity contribution in [3.63, 3.8) is 0 Å². The topological polar surface area (TPSA) is 90.7 Å². The number of nitrogens with two attached hydrogens (primary N) is 1. The van der Waals surface area contributed by atoms with Crippen LogP contribution in [0.15, 0.2) is 64.3 Å². The van der Waals surface area contributed by atoms with E-state index in [1.807, 2.05) is 30.3 Å². The quantitative estimate of drug-likeness (QED) is 0.670. The molecule has 2 aromatic carbocycles. The molecule has 148 valence electrons. The van der Waals surface area contributed by atoms with Gasteiger partial charge in [0.25, 0.3) is 0 Å². The van der Waals surface area contributed by atoms with Crippen molar-refractivity contribution in [2.45, 2.75) is 18.9 Å². The summed E-state index contributed by atoms with van der Waals surface area (Å²) >= 11 is 0. The summed E-state index contributed by atoms with van der Waals surface area (Å²) in [4.78, 5) is 21.4. The maximum absolute atomic E-state index is 14.5. The normalized spacial score (nSPS) is 19.0. The zero-order valence-corrected chi connectivity index (χ0v) is 15.9. The van der Waals surface area contributed by atoms with Crippen molar-refractivity contribution in [2.75, 3.05) is 13.2 Å². The SMILES string of the molecule is C[C@@]1(c2cc(CC(=O)c3ncoc3-c3ccccc3)ccc2F)COCC(N)=N1. The van der Waals surface area contributed by atoms with Crippen molar-refractivity contribution < 1.29 is 18.3 Å². The number of carbonyl (C=O) groups is 1. The molecule has 2 N–H and O–H groups in total. The fourth-order valence-corrected chi connectivity index (χ4v) is 3.48. The molecule has 0 saturated carbocycles. The van der Waals surface area contributed by atoms with Crippen LogP contribution in [0, 0.1) is 5.82 Å². The summed E-state index contributed by atoms with van der Waals surface area (Å²) in [6.07, 6.45) is 1.30. The Hall–Kier alpha value is -3.32. The fourth-order valence-electron chi connectivity index (χ4n) is 3.48. The number of nitrogens with zero attached hydrogens (tertiary/aromatic N) is 2. The molecule has 1 aliphatic rings. The van der Waals surface area contributed by atoms with Gasteiger partial charge in [0.05, 0.1) is 6.61 Å². The summed E-state index contributed by atoms with van der Waals surface area (Å²) in [5.41, 5.74) is 6.85. The summed E-state index contributed by atoms with van der Waals surface area (Å²) in [6, 6.07) is 13.9. The molecule has 0 radical (unpaired) electrons. The smallest absolute Gasteiger partial charge is 0.189 e. The van der Waals surface area contributed by atoms with Gasteiger partial charge < -0.3 is 14.9 Å². The van der Waals surface area contributed by atoms with Gasteiger partial charge in [-0.25, -0.2) is 9.37 Å². The highest BCUT2D eigenvalue weighted by Crippen LogP contribution is 2.31. The molecule has 7 heteroatoms. The number of rotatable bonds is 5. The number of hydrogen-bond donors (Lipinski definition) is 1. The average Bonchev–Trinajstić information content (AvgIpc) is 3.20. The van der Waals surface area contributed by atoms with E-state index in [1.54, 1.807) is 19.1 Å². The van der Waals surface area contributed by atoms with Gasteiger partial charge in [0.15, 0.2) is 23.6 Å². The van der Waals surface area contributed by atoms with Crippen LogP contribution in [0.5, 0.6) is 0 Å². The lowest BCUT2D eigenvalue weighted by molar-refractivity contribution is 0.0988. The molecule has 3 aromatic rings. The second kappa shape index (κ2) is 7.60. The third-order valence-corrected chi connectivity index (χ3v) is 4.87. The van der Waals surface area contributed by atoms with E-state index < -0.39 is 11.4 Å². The van der Waals surface area contributed by atoms with Crippen molar-refractivity contribution in [1.82, 2.24) is 4.98 Å². The molecule has 0 bridgehead atoms. The zero-order valence-electron chi connectivity index (χ0n) is 15.9. The van der Waals surface area contributed by atoms with Crippen LogP contribution in [0.2, 0.25) is 0 Å². The largest absolute Gasteiger partial charge is 0.443 e. The van der Waals surface area contributed by atoms with Gasteiger partial charge >= 0.3 is 0 Å². The number of aromatic nitrogens is 1. The number of hydrogen-bond acceptors (Lipinski definition) is 6. The Kier molecular flexibility index (Phi) is 4.98. The minimum absolute atomic E-state index is 0.0514. The summed E-state index contributed by atoms with van der Waals surface area (Å²) in [6.45, 7) is 2.20. The molecule has 0 aliphatic carbocycles. The number of ketones is 1. The van der Waals surface area contributed by atoms with Crippen LogP contribution < -0.4 is 5.73 Å². The van der Waals surface area contributed by atoms with Crippen molar-refractivity contribution in [3.8, 4) is 11.3 Å². The Morgan fingerprint density at radius 3 is 2.79 bits per heavy atom. The van der Waals surface area contributed by atoms with E-state index in [2.05, 4.69) is 9.98 Å². The van der Waals surface area contributed by atoms with E-state index in [-0.39, 0.29) is 31.1 Å². The monoisotopic (exact) mass is 393 g/mol. The van der Waals surface area contributed by atoms with Gasteiger partial charge in [0.1, 0.15) is 23.8 Å². The molecule has 29 heavy (non-hydrogen) atoms. The molecule has 1 aromatic heterocycles. The Balaban J connectivity index is 1.63. The first kappa shape index (κ1) is 19.0. The second-order valence-electron chi connectivity index (χ2n) is 7.18. The minimum Gasteiger partial charge on any atom is -0.443 e. The van der Waals surface area contributed by atoms with Gasteiger partial charge in [-0.2, -0.15) is 0 Å². The van der Waals surface area contributed by atoms with E-state index in [0.717, 1.165) is 5.56 Å². The van der Waals surface area contributed by atoms with Gasteiger partial charge in [0.2, 0.25) is 0 Å². The van der Waals surface area contributed by atoms with E-state index in [9.17, 15) is 9.18 Å². The molecule has 0 spiro atoms. The Bertz CT molecular complexity index is 1080. The number of halogens is 1. The molecule has 1 aliphatic heterocycles. The predicted molar refractivity (Wildman–Crippen MR) is 106 cm³/mol. The molecule has 0 unspecified atom stereocenters. The molecule has 0 amide bonds. The summed E-state index contributed by atoms with van der Waals surface area (Å²) in [5, 5.41) is 0. The maximum Gasteiger partial charge on any atom is 0.189 e. The third-order valence-electron chi connectivity index (χ3n) is 4.87. The number of aliphatic imine (C=N–C) groups is 1. The molecule has 0 fully saturated rings. The molecule has 6 nitrogen and oxygen atoms in total. The minimum atomic E-state index is -0.936. The zero-order chi connectivity index (χ0) is 20.4. The lowest BCUT2D eigenvalue weighted by atomic mass is 9.90. The van der Waals surface area contributed by atoms with Gasteiger partial charge in [-0.15, -0.1) is 0 Å². The van der Waals surface area contributed by atoms with Gasteiger partial charge in [-0.05, 0) is 24.6 Å². The van der Waals surface area contributed by atoms with Crippen molar-refractivity contribution in [2.24, 2.45) is 10.7 Å². The lowest BCUT2D eigenvalue weighted by Gasteiger charge is -2.30. The summed E-state index contributed by atoms with van der Waals surface area (Å²) in [7, 11) is 0. The average molecular weight is 393 g/mol. The van der Waals surface area contributed by atoms with E-state index in [1.165, 1.54) is 12.5 Å². The van der Waals surface area contributed by atoms with Crippen molar-refractivity contribution in [3.05, 3.63) is 77.6 Å². The first-order valence-electron chi connectivity index (χ1n) is 9.19. The van der Waals surface area contributed by atoms with Crippen LogP contribution in [0.3, 0.4) is 0 Å². The number of ether oxygens (including phenoxy) is 1. The number of amidine groups is 1. The standard InChI is InChI=1S/C22H20FN3O3/c1-22(12-28-11-19(24)26-22)16-9-14(7-8-17(16)23)10-18(27)20-21(29-13-25-20)15-5-3-2-4-6-15/h2-9,13H,10-12H2,1H3,(H2,24,26)/t22-/m0/s1.